The predicted octanol–water partition coefficient (Wildman–Crippen LogP) is 3.85. The number of benzene rings is 2. The second-order valence-electron chi connectivity index (χ2n) is 5.31. The van der Waals surface area contributed by atoms with Crippen LogP contribution in [0.2, 0.25) is 0 Å². The standard InChI is InChI=1S/C19H21NO2/c1-15(17-11-7-4-8-12-17)20(2)18(19(21)22)14-13-16-9-5-3-6-10-16/h3-15,18H,1-2H3,(H,21,22)/b14-13+/t15-,18+/m0/s1. The van der Waals surface area contributed by atoms with Crippen molar-refractivity contribution in [3.63, 3.8) is 0 Å². The molecule has 2 aromatic carbocycles. The Labute approximate surface area is 131 Å². The lowest BCUT2D eigenvalue weighted by atomic mass is 10.0. The van der Waals surface area contributed by atoms with Crippen LogP contribution in [0.5, 0.6) is 0 Å². The molecule has 0 heterocycles. The Morgan fingerprint density at radius 2 is 1.59 bits per heavy atom. The van der Waals surface area contributed by atoms with E-state index < -0.39 is 12.0 Å². The fourth-order valence-corrected chi connectivity index (χ4v) is 2.37. The quantitative estimate of drug-likeness (QED) is 0.880. The lowest BCUT2D eigenvalue weighted by Gasteiger charge is -2.29. The highest BCUT2D eigenvalue weighted by atomic mass is 16.4. The van der Waals surface area contributed by atoms with Crippen LogP contribution in [0.15, 0.2) is 66.7 Å². The zero-order valence-electron chi connectivity index (χ0n) is 12.9. The maximum absolute atomic E-state index is 11.6. The zero-order chi connectivity index (χ0) is 15.9. The summed E-state index contributed by atoms with van der Waals surface area (Å²) in [5.41, 5.74) is 2.10. The van der Waals surface area contributed by atoms with E-state index in [4.69, 9.17) is 0 Å². The molecule has 3 nitrogen and oxygen atoms in total. The minimum atomic E-state index is -0.850. The van der Waals surface area contributed by atoms with E-state index in [1.54, 1.807) is 6.08 Å². The second kappa shape index (κ2) is 7.57. The Morgan fingerprint density at radius 3 is 2.14 bits per heavy atom. The summed E-state index contributed by atoms with van der Waals surface area (Å²) in [5.74, 6) is -0.850. The van der Waals surface area contributed by atoms with Gasteiger partial charge >= 0.3 is 5.97 Å². The lowest BCUT2D eigenvalue weighted by molar-refractivity contribution is -0.141. The van der Waals surface area contributed by atoms with E-state index in [1.807, 2.05) is 85.6 Å². The molecule has 2 rings (SSSR count). The minimum Gasteiger partial charge on any atom is -0.480 e. The molecule has 0 fully saturated rings. The number of hydrogen-bond acceptors (Lipinski definition) is 2. The molecular formula is C19H21NO2. The van der Waals surface area contributed by atoms with Gasteiger partial charge in [-0.3, -0.25) is 9.69 Å². The van der Waals surface area contributed by atoms with E-state index in [0.717, 1.165) is 11.1 Å². The number of nitrogens with zero attached hydrogens (tertiary/aromatic N) is 1. The van der Waals surface area contributed by atoms with Crippen LogP contribution in [0.4, 0.5) is 0 Å². The van der Waals surface area contributed by atoms with Gasteiger partial charge in [0.15, 0.2) is 0 Å². The highest BCUT2D eigenvalue weighted by Gasteiger charge is 2.24. The molecule has 0 aliphatic carbocycles. The predicted molar refractivity (Wildman–Crippen MR) is 89.5 cm³/mol. The molecule has 0 radical (unpaired) electrons. The Balaban J connectivity index is 2.17. The molecule has 0 saturated heterocycles. The van der Waals surface area contributed by atoms with Crippen LogP contribution in [0.25, 0.3) is 6.08 Å². The van der Waals surface area contributed by atoms with Crippen LogP contribution in [0, 0.1) is 0 Å². The van der Waals surface area contributed by atoms with Gasteiger partial charge in [-0.2, -0.15) is 0 Å². The fourth-order valence-electron chi connectivity index (χ4n) is 2.37. The molecule has 0 aromatic heterocycles. The van der Waals surface area contributed by atoms with Crippen LogP contribution in [0.3, 0.4) is 0 Å². The van der Waals surface area contributed by atoms with Gasteiger partial charge in [0, 0.05) is 6.04 Å². The zero-order valence-corrected chi connectivity index (χ0v) is 12.9. The highest BCUT2D eigenvalue weighted by molar-refractivity contribution is 5.77. The monoisotopic (exact) mass is 295 g/mol. The van der Waals surface area contributed by atoms with Crippen molar-refractivity contribution in [3.05, 3.63) is 77.9 Å². The molecule has 0 unspecified atom stereocenters. The van der Waals surface area contributed by atoms with E-state index in [0.29, 0.717) is 0 Å². The molecule has 22 heavy (non-hydrogen) atoms. The van der Waals surface area contributed by atoms with Gasteiger partial charge in [0.25, 0.3) is 0 Å². The molecule has 0 aliphatic rings. The molecule has 2 aromatic rings. The maximum atomic E-state index is 11.6. The summed E-state index contributed by atoms with van der Waals surface area (Å²) in [6.07, 6.45) is 3.59. The third-order valence-electron chi connectivity index (χ3n) is 3.86. The smallest absolute Gasteiger partial charge is 0.324 e. The second-order valence-corrected chi connectivity index (χ2v) is 5.31. The Morgan fingerprint density at radius 1 is 1.05 bits per heavy atom. The van der Waals surface area contributed by atoms with Crippen molar-refractivity contribution in [3.8, 4) is 0 Å². The highest BCUT2D eigenvalue weighted by Crippen LogP contribution is 2.21. The van der Waals surface area contributed by atoms with Crippen LogP contribution >= 0.6 is 0 Å². The first-order chi connectivity index (χ1) is 10.6. The van der Waals surface area contributed by atoms with E-state index in [1.165, 1.54) is 0 Å². The first kappa shape index (κ1) is 16.0. The Hall–Kier alpha value is -2.39. The van der Waals surface area contributed by atoms with Crippen molar-refractivity contribution < 1.29 is 9.90 Å². The van der Waals surface area contributed by atoms with Crippen molar-refractivity contribution >= 4 is 12.0 Å². The van der Waals surface area contributed by atoms with Gasteiger partial charge in [0.05, 0.1) is 0 Å². The van der Waals surface area contributed by atoms with Gasteiger partial charge < -0.3 is 5.11 Å². The van der Waals surface area contributed by atoms with E-state index in [2.05, 4.69) is 0 Å². The average Bonchev–Trinajstić information content (AvgIpc) is 2.55. The van der Waals surface area contributed by atoms with Crippen molar-refractivity contribution in [1.82, 2.24) is 4.90 Å². The van der Waals surface area contributed by atoms with E-state index in [9.17, 15) is 9.90 Å². The van der Waals surface area contributed by atoms with Gasteiger partial charge in [-0.05, 0) is 25.1 Å². The molecular weight excluding hydrogens is 274 g/mol. The number of carbonyl (C=O) groups is 1. The summed E-state index contributed by atoms with van der Waals surface area (Å²) < 4.78 is 0. The molecule has 0 amide bonds. The molecule has 0 aliphatic heterocycles. The number of carboxylic acids is 1. The van der Waals surface area contributed by atoms with E-state index in [-0.39, 0.29) is 6.04 Å². The third kappa shape index (κ3) is 4.06. The first-order valence-electron chi connectivity index (χ1n) is 7.32. The fraction of sp³-hybridized carbons (Fsp3) is 0.211. The normalized spacial score (nSPS) is 14.1. The molecule has 0 bridgehead atoms. The number of hydrogen-bond donors (Lipinski definition) is 1. The number of aliphatic carboxylic acids is 1. The van der Waals surface area contributed by atoms with Crippen LogP contribution < -0.4 is 0 Å². The lowest BCUT2D eigenvalue weighted by Crippen LogP contribution is -2.38. The van der Waals surface area contributed by atoms with Crippen LogP contribution in [-0.4, -0.2) is 29.1 Å². The maximum Gasteiger partial charge on any atom is 0.324 e. The summed E-state index contributed by atoms with van der Waals surface area (Å²) in [5, 5.41) is 9.52. The minimum absolute atomic E-state index is 0.0164. The van der Waals surface area contributed by atoms with Crippen LogP contribution in [0.1, 0.15) is 24.1 Å². The van der Waals surface area contributed by atoms with Gasteiger partial charge in [0.1, 0.15) is 6.04 Å². The Kier molecular flexibility index (Phi) is 5.50. The van der Waals surface area contributed by atoms with Gasteiger partial charge in [-0.25, -0.2) is 0 Å². The van der Waals surface area contributed by atoms with Crippen molar-refractivity contribution in [2.45, 2.75) is 19.0 Å². The summed E-state index contributed by atoms with van der Waals surface area (Å²) in [7, 11) is 1.84. The summed E-state index contributed by atoms with van der Waals surface area (Å²) in [6, 6.07) is 19.0. The number of likely N-dealkylation sites (N-methyl/N-ethyl adjacent to an activating group) is 1. The molecule has 114 valence electrons. The van der Waals surface area contributed by atoms with Crippen molar-refractivity contribution in [1.29, 1.82) is 0 Å². The number of rotatable bonds is 6. The third-order valence-corrected chi connectivity index (χ3v) is 3.86. The van der Waals surface area contributed by atoms with Crippen LogP contribution in [-0.2, 0) is 4.79 Å². The largest absolute Gasteiger partial charge is 0.480 e. The average molecular weight is 295 g/mol. The van der Waals surface area contributed by atoms with Gasteiger partial charge in [-0.15, -0.1) is 0 Å². The van der Waals surface area contributed by atoms with Crippen molar-refractivity contribution in [2.75, 3.05) is 7.05 Å². The Bertz CT molecular complexity index is 622. The molecule has 0 spiro atoms. The van der Waals surface area contributed by atoms with Crippen molar-refractivity contribution in [2.24, 2.45) is 0 Å². The topological polar surface area (TPSA) is 40.5 Å². The summed E-state index contributed by atoms with van der Waals surface area (Å²) >= 11 is 0. The molecule has 0 saturated carbocycles. The molecule has 1 N–H and O–H groups in total. The van der Waals surface area contributed by atoms with Gasteiger partial charge in [-0.1, -0.05) is 72.8 Å². The summed E-state index contributed by atoms with van der Waals surface area (Å²) in [4.78, 5) is 13.5. The SMILES string of the molecule is C[C@@H](c1ccccc1)N(C)[C@H](/C=C/c1ccccc1)C(=O)O. The van der Waals surface area contributed by atoms with E-state index >= 15 is 0 Å². The molecule has 2 atom stereocenters. The summed E-state index contributed by atoms with van der Waals surface area (Å²) in [6.45, 7) is 2.02. The number of carboxylic acid groups (broad SMARTS) is 1. The van der Waals surface area contributed by atoms with Gasteiger partial charge in [0.2, 0.25) is 0 Å². The molecule has 3 heteroatoms. The first-order valence-corrected chi connectivity index (χ1v) is 7.32.